The number of rotatable bonds is 1. The van der Waals surface area contributed by atoms with Crippen LogP contribution in [0.3, 0.4) is 0 Å². The van der Waals surface area contributed by atoms with E-state index in [2.05, 4.69) is 21.7 Å². The first-order chi connectivity index (χ1) is 9.06. The van der Waals surface area contributed by atoms with E-state index in [9.17, 15) is 0 Å². The first-order valence-electron chi connectivity index (χ1n) is 6.58. The Morgan fingerprint density at radius 3 is 2.79 bits per heavy atom. The first-order valence-corrected chi connectivity index (χ1v) is 7.72. The summed E-state index contributed by atoms with van der Waals surface area (Å²) in [6.45, 7) is 5.44. The van der Waals surface area contributed by atoms with Crippen LogP contribution in [0.1, 0.15) is 19.8 Å². The number of hydrogen-bond acceptors (Lipinski definition) is 3. The van der Waals surface area contributed by atoms with Crippen LogP contribution in [0.25, 0.3) is 0 Å². The topological polar surface area (TPSA) is 19.4 Å². The van der Waals surface area contributed by atoms with E-state index >= 15 is 0 Å². The fourth-order valence-corrected chi connectivity index (χ4v) is 3.72. The number of pyridine rings is 1. The summed E-state index contributed by atoms with van der Waals surface area (Å²) in [5.41, 5.74) is 0. The van der Waals surface area contributed by atoms with Crippen molar-refractivity contribution in [3.8, 4) is 0 Å². The number of hydrogen-bond donors (Lipinski definition) is 0. The lowest BCUT2D eigenvalue weighted by molar-refractivity contribution is 0.202. The number of fused-ring (bicyclic) bond motifs is 1. The highest BCUT2D eigenvalue weighted by Gasteiger charge is 2.35. The van der Waals surface area contributed by atoms with Crippen LogP contribution in [0, 0.1) is 0 Å². The molecule has 0 N–H and O–H groups in total. The van der Waals surface area contributed by atoms with E-state index in [4.69, 9.17) is 34.8 Å². The molecule has 104 valence electrons. The summed E-state index contributed by atoms with van der Waals surface area (Å²) in [7, 11) is 0. The molecule has 0 bridgehead atoms. The molecule has 6 heteroatoms. The lowest BCUT2D eigenvalue weighted by Gasteiger charge is -2.43. The van der Waals surface area contributed by atoms with Gasteiger partial charge >= 0.3 is 0 Å². The predicted octanol–water partition coefficient (Wildman–Crippen LogP) is 3.71. The minimum absolute atomic E-state index is 0.321. The number of aromatic nitrogens is 1. The van der Waals surface area contributed by atoms with Crippen molar-refractivity contribution in [1.29, 1.82) is 0 Å². The Bertz CT molecular complexity index is 494. The molecule has 0 aliphatic carbocycles. The van der Waals surface area contributed by atoms with Gasteiger partial charge in [0.1, 0.15) is 11.0 Å². The summed E-state index contributed by atoms with van der Waals surface area (Å²) in [6.07, 6.45) is 2.54. The minimum atomic E-state index is 0.321. The van der Waals surface area contributed by atoms with Crippen LogP contribution in [0.15, 0.2) is 6.07 Å². The molecule has 3 heterocycles. The summed E-state index contributed by atoms with van der Waals surface area (Å²) in [4.78, 5) is 9.19. The Morgan fingerprint density at radius 2 is 2.00 bits per heavy atom. The highest BCUT2D eigenvalue weighted by Crippen LogP contribution is 2.35. The Balaban J connectivity index is 1.91. The Morgan fingerprint density at radius 1 is 1.21 bits per heavy atom. The Kier molecular flexibility index (Phi) is 3.82. The molecule has 3 rings (SSSR count). The fraction of sp³-hybridized carbons (Fsp3) is 0.615. The van der Waals surface area contributed by atoms with Crippen molar-refractivity contribution in [2.24, 2.45) is 0 Å². The molecule has 0 radical (unpaired) electrons. The molecule has 0 spiro atoms. The van der Waals surface area contributed by atoms with E-state index in [-0.39, 0.29) is 0 Å². The van der Waals surface area contributed by atoms with Crippen molar-refractivity contribution in [3.63, 3.8) is 0 Å². The summed E-state index contributed by atoms with van der Waals surface area (Å²) >= 11 is 18.3. The second kappa shape index (κ2) is 5.28. The van der Waals surface area contributed by atoms with E-state index in [1.807, 2.05) is 0 Å². The third-order valence-corrected chi connectivity index (χ3v) is 5.03. The molecule has 3 nitrogen and oxygen atoms in total. The molecule has 2 saturated heterocycles. The SMILES string of the molecule is CC1CN2CCCC2CN1c1nc(Cl)c(Cl)cc1Cl. The van der Waals surface area contributed by atoms with Crippen LogP contribution in [0.5, 0.6) is 0 Å². The first kappa shape index (κ1) is 13.7. The van der Waals surface area contributed by atoms with Crippen molar-refractivity contribution in [2.75, 3.05) is 24.5 Å². The molecule has 2 atom stereocenters. The summed E-state index contributed by atoms with van der Waals surface area (Å²) in [6, 6.07) is 2.68. The molecule has 1 aromatic rings. The maximum Gasteiger partial charge on any atom is 0.150 e. The third-order valence-electron chi connectivity index (χ3n) is 4.08. The van der Waals surface area contributed by atoms with Crippen LogP contribution in [0.2, 0.25) is 15.2 Å². The van der Waals surface area contributed by atoms with Gasteiger partial charge in [-0.1, -0.05) is 34.8 Å². The van der Waals surface area contributed by atoms with Gasteiger partial charge in [0.15, 0.2) is 0 Å². The number of anilines is 1. The molecular formula is C13H16Cl3N3. The molecule has 0 aromatic carbocycles. The maximum atomic E-state index is 6.28. The van der Waals surface area contributed by atoms with Crippen LogP contribution in [0.4, 0.5) is 5.82 Å². The number of halogens is 3. The van der Waals surface area contributed by atoms with E-state index in [1.165, 1.54) is 19.4 Å². The van der Waals surface area contributed by atoms with Crippen LogP contribution in [-0.4, -0.2) is 41.6 Å². The fourth-order valence-electron chi connectivity index (χ4n) is 3.12. The molecular weight excluding hydrogens is 305 g/mol. The normalized spacial score (nSPS) is 27.7. The monoisotopic (exact) mass is 319 g/mol. The van der Waals surface area contributed by atoms with Gasteiger partial charge in [-0.2, -0.15) is 0 Å². The predicted molar refractivity (Wildman–Crippen MR) is 80.7 cm³/mol. The zero-order valence-corrected chi connectivity index (χ0v) is 13.0. The van der Waals surface area contributed by atoms with Crippen LogP contribution < -0.4 is 4.90 Å². The zero-order chi connectivity index (χ0) is 13.6. The van der Waals surface area contributed by atoms with Gasteiger partial charge in [-0.05, 0) is 32.4 Å². The summed E-state index contributed by atoms with van der Waals surface area (Å²) in [5, 5.41) is 1.30. The van der Waals surface area contributed by atoms with E-state index in [0.717, 1.165) is 18.9 Å². The van der Waals surface area contributed by atoms with Crippen molar-refractivity contribution in [2.45, 2.75) is 31.8 Å². The molecule has 2 aliphatic heterocycles. The molecule has 19 heavy (non-hydrogen) atoms. The minimum Gasteiger partial charge on any atom is -0.350 e. The van der Waals surface area contributed by atoms with Crippen molar-refractivity contribution < 1.29 is 0 Å². The summed E-state index contributed by atoms with van der Waals surface area (Å²) in [5.74, 6) is 0.759. The van der Waals surface area contributed by atoms with Gasteiger partial charge in [0.05, 0.1) is 10.0 Å². The van der Waals surface area contributed by atoms with Gasteiger partial charge in [0.25, 0.3) is 0 Å². The lowest BCUT2D eigenvalue weighted by Crippen LogP contribution is -2.55. The van der Waals surface area contributed by atoms with Crippen LogP contribution in [-0.2, 0) is 0 Å². The Hall–Kier alpha value is -0.220. The Labute approximate surface area is 128 Å². The van der Waals surface area contributed by atoms with Crippen molar-refractivity contribution in [3.05, 3.63) is 21.3 Å². The summed E-state index contributed by atoms with van der Waals surface area (Å²) < 4.78 is 0. The van der Waals surface area contributed by atoms with E-state index in [0.29, 0.717) is 27.3 Å². The molecule has 2 fully saturated rings. The largest absolute Gasteiger partial charge is 0.350 e. The average Bonchev–Trinajstić information content (AvgIpc) is 2.80. The maximum absolute atomic E-state index is 6.28. The third kappa shape index (κ3) is 2.54. The zero-order valence-electron chi connectivity index (χ0n) is 10.7. The van der Waals surface area contributed by atoms with Gasteiger partial charge in [-0.25, -0.2) is 4.98 Å². The van der Waals surface area contributed by atoms with Crippen molar-refractivity contribution >= 4 is 40.6 Å². The smallest absolute Gasteiger partial charge is 0.150 e. The highest BCUT2D eigenvalue weighted by atomic mass is 35.5. The van der Waals surface area contributed by atoms with Gasteiger partial charge in [-0.3, -0.25) is 4.90 Å². The second-order valence-electron chi connectivity index (χ2n) is 5.36. The highest BCUT2D eigenvalue weighted by molar-refractivity contribution is 6.42. The van der Waals surface area contributed by atoms with Gasteiger partial charge in [-0.15, -0.1) is 0 Å². The number of piperazine rings is 1. The van der Waals surface area contributed by atoms with E-state index in [1.54, 1.807) is 6.07 Å². The average molecular weight is 321 g/mol. The molecule has 0 amide bonds. The molecule has 2 aliphatic rings. The van der Waals surface area contributed by atoms with Gasteiger partial charge < -0.3 is 4.90 Å². The van der Waals surface area contributed by atoms with Crippen molar-refractivity contribution in [1.82, 2.24) is 9.88 Å². The molecule has 2 unspecified atom stereocenters. The van der Waals surface area contributed by atoms with Gasteiger partial charge in [0.2, 0.25) is 0 Å². The number of nitrogens with zero attached hydrogens (tertiary/aromatic N) is 3. The second-order valence-corrected chi connectivity index (χ2v) is 6.53. The van der Waals surface area contributed by atoms with Gasteiger partial charge in [0, 0.05) is 25.2 Å². The molecule has 0 saturated carbocycles. The molecule has 1 aromatic heterocycles. The van der Waals surface area contributed by atoms with E-state index < -0.39 is 0 Å². The van der Waals surface area contributed by atoms with Crippen LogP contribution >= 0.6 is 34.8 Å². The lowest BCUT2D eigenvalue weighted by atomic mass is 10.1. The standard InChI is InChI=1S/C13H16Cl3N3/c1-8-6-18-4-2-3-9(18)7-19(8)13-11(15)5-10(14)12(16)17-13/h5,8-9H,2-4,6-7H2,1H3. The quantitative estimate of drug-likeness (QED) is 0.735.